The molecule has 0 bridgehead atoms. The fourth-order valence-electron chi connectivity index (χ4n) is 3.34. The molecule has 1 saturated carbocycles. The Morgan fingerprint density at radius 2 is 2.20 bits per heavy atom. The number of nitrogens with one attached hydrogen (secondary N) is 1. The average Bonchev–Trinajstić information content (AvgIpc) is 3.07. The normalized spacial score (nSPS) is 22.4. The fourth-order valence-corrected chi connectivity index (χ4v) is 3.34. The van der Waals surface area contributed by atoms with Crippen LogP contribution >= 0.6 is 24.8 Å². The van der Waals surface area contributed by atoms with Gasteiger partial charge >= 0.3 is 0 Å². The predicted molar refractivity (Wildman–Crippen MR) is 104 cm³/mol. The molecule has 5 nitrogen and oxygen atoms in total. The molecule has 1 heterocycles. The van der Waals surface area contributed by atoms with Crippen molar-refractivity contribution in [1.29, 1.82) is 0 Å². The average molecular weight is 385 g/mol. The molecule has 3 N–H and O–H groups in total. The smallest absolute Gasteiger partial charge is 0.225 e. The molecule has 1 aliphatic carbocycles. The Morgan fingerprint density at radius 3 is 2.88 bits per heavy atom. The first-order valence-corrected chi connectivity index (χ1v) is 8.20. The standard InChI is InChI=1S/C18H24N4O.2ClH/c1-18(19)8-3-2-7-16(18)17(23)21-12-14-5-4-6-15(11-14)22-10-9-20-13-22;;/h4-6,9-11,13,16H,2-3,7-8,12,19H2,1H3,(H,21,23);2*1H. The number of nitrogens with two attached hydrogens (primary N) is 1. The van der Waals surface area contributed by atoms with E-state index >= 15 is 0 Å². The van der Waals surface area contributed by atoms with E-state index in [9.17, 15) is 4.79 Å². The van der Waals surface area contributed by atoms with Crippen LogP contribution in [0.2, 0.25) is 0 Å². The first-order valence-electron chi connectivity index (χ1n) is 8.20. The summed E-state index contributed by atoms with van der Waals surface area (Å²) in [6.45, 7) is 2.52. The van der Waals surface area contributed by atoms with Crippen molar-refractivity contribution in [3.63, 3.8) is 0 Å². The zero-order valence-corrected chi connectivity index (χ0v) is 16.0. The highest BCUT2D eigenvalue weighted by Gasteiger charge is 2.37. The van der Waals surface area contributed by atoms with Gasteiger partial charge in [-0.05, 0) is 37.5 Å². The van der Waals surface area contributed by atoms with Crippen LogP contribution in [0.1, 0.15) is 38.2 Å². The van der Waals surface area contributed by atoms with Gasteiger partial charge in [-0.25, -0.2) is 4.98 Å². The van der Waals surface area contributed by atoms with Crippen LogP contribution in [0.25, 0.3) is 5.69 Å². The fraction of sp³-hybridized carbons (Fsp3) is 0.444. The van der Waals surface area contributed by atoms with E-state index in [2.05, 4.69) is 16.4 Å². The van der Waals surface area contributed by atoms with Crippen molar-refractivity contribution in [3.05, 3.63) is 48.5 Å². The zero-order valence-electron chi connectivity index (χ0n) is 14.4. The molecule has 2 atom stereocenters. The van der Waals surface area contributed by atoms with Crippen LogP contribution in [0.5, 0.6) is 0 Å². The quantitative estimate of drug-likeness (QED) is 0.849. The zero-order chi connectivity index (χ0) is 16.3. The van der Waals surface area contributed by atoms with Crippen molar-refractivity contribution < 1.29 is 4.79 Å². The van der Waals surface area contributed by atoms with E-state index in [4.69, 9.17) is 5.73 Å². The molecule has 2 unspecified atom stereocenters. The minimum Gasteiger partial charge on any atom is -0.352 e. The van der Waals surface area contributed by atoms with Crippen molar-refractivity contribution >= 4 is 30.7 Å². The Kier molecular flexibility index (Phi) is 7.93. The maximum atomic E-state index is 12.5. The number of carbonyl (C=O) groups excluding carboxylic acids is 1. The third-order valence-corrected chi connectivity index (χ3v) is 4.75. The van der Waals surface area contributed by atoms with Crippen molar-refractivity contribution in [2.24, 2.45) is 11.7 Å². The molecule has 25 heavy (non-hydrogen) atoms. The summed E-state index contributed by atoms with van der Waals surface area (Å²) in [5, 5.41) is 3.05. The lowest BCUT2D eigenvalue weighted by molar-refractivity contribution is -0.128. The maximum absolute atomic E-state index is 12.5. The van der Waals surface area contributed by atoms with Gasteiger partial charge in [-0.1, -0.05) is 25.0 Å². The van der Waals surface area contributed by atoms with E-state index in [-0.39, 0.29) is 42.2 Å². The largest absolute Gasteiger partial charge is 0.352 e. The number of hydrogen-bond acceptors (Lipinski definition) is 3. The number of halogens is 2. The van der Waals surface area contributed by atoms with Gasteiger partial charge in [-0.3, -0.25) is 4.79 Å². The van der Waals surface area contributed by atoms with E-state index in [1.165, 1.54) is 0 Å². The first-order chi connectivity index (χ1) is 11.1. The van der Waals surface area contributed by atoms with E-state index < -0.39 is 0 Å². The van der Waals surface area contributed by atoms with E-state index in [1.807, 2.05) is 35.9 Å². The number of imidazole rings is 1. The van der Waals surface area contributed by atoms with Gasteiger partial charge in [0.15, 0.2) is 0 Å². The number of amides is 1. The Hall–Kier alpha value is -1.56. The van der Waals surface area contributed by atoms with Gasteiger partial charge in [0, 0.05) is 30.2 Å². The Balaban J connectivity index is 0.00000156. The van der Waals surface area contributed by atoms with Gasteiger partial charge in [0.25, 0.3) is 0 Å². The highest BCUT2D eigenvalue weighted by molar-refractivity contribution is 5.85. The SMILES string of the molecule is CC1(N)CCCCC1C(=O)NCc1cccc(-n2ccnc2)c1.Cl.Cl. The van der Waals surface area contributed by atoms with Crippen LogP contribution in [0, 0.1) is 5.92 Å². The highest BCUT2D eigenvalue weighted by atomic mass is 35.5. The van der Waals surface area contributed by atoms with Gasteiger partial charge in [-0.2, -0.15) is 0 Å². The minimum absolute atomic E-state index is 0. The summed E-state index contributed by atoms with van der Waals surface area (Å²) in [4.78, 5) is 16.6. The summed E-state index contributed by atoms with van der Waals surface area (Å²) >= 11 is 0. The van der Waals surface area contributed by atoms with Crippen molar-refractivity contribution in [1.82, 2.24) is 14.9 Å². The third-order valence-electron chi connectivity index (χ3n) is 4.75. The van der Waals surface area contributed by atoms with Gasteiger partial charge in [0.2, 0.25) is 5.91 Å². The molecule has 0 saturated heterocycles. The lowest BCUT2D eigenvalue weighted by Crippen LogP contribution is -2.52. The van der Waals surface area contributed by atoms with Gasteiger partial charge in [0.1, 0.15) is 0 Å². The number of aromatic nitrogens is 2. The summed E-state index contributed by atoms with van der Waals surface area (Å²) < 4.78 is 1.95. The second-order valence-corrected chi connectivity index (χ2v) is 6.66. The van der Waals surface area contributed by atoms with Crippen molar-refractivity contribution in [2.45, 2.75) is 44.7 Å². The second kappa shape index (κ2) is 9.22. The van der Waals surface area contributed by atoms with Crippen molar-refractivity contribution in [3.8, 4) is 5.69 Å². The van der Waals surface area contributed by atoms with Crippen LogP contribution in [-0.4, -0.2) is 21.0 Å². The Morgan fingerprint density at radius 1 is 1.40 bits per heavy atom. The molecule has 1 aromatic carbocycles. The summed E-state index contributed by atoms with van der Waals surface area (Å²) in [6.07, 6.45) is 9.42. The van der Waals surface area contributed by atoms with Gasteiger partial charge in [-0.15, -0.1) is 24.8 Å². The number of benzene rings is 1. The van der Waals surface area contributed by atoms with Crippen LogP contribution in [0.4, 0.5) is 0 Å². The minimum atomic E-state index is -0.388. The lowest BCUT2D eigenvalue weighted by Gasteiger charge is -2.37. The van der Waals surface area contributed by atoms with E-state index in [1.54, 1.807) is 12.5 Å². The van der Waals surface area contributed by atoms with Gasteiger partial charge < -0.3 is 15.6 Å². The summed E-state index contributed by atoms with van der Waals surface area (Å²) in [5.74, 6) is -0.0178. The molecule has 7 heteroatoms. The molecule has 1 amide bonds. The molecule has 0 spiro atoms. The monoisotopic (exact) mass is 384 g/mol. The lowest BCUT2D eigenvalue weighted by atomic mass is 9.74. The molecular weight excluding hydrogens is 359 g/mol. The van der Waals surface area contributed by atoms with Crippen LogP contribution in [0.15, 0.2) is 43.0 Å². The Labute approximate surface area is 161 Å². The highest BCUT2D eigenvalue weighted by Crippen LogP contribution is 2.31. The predicted octanol–water partition coefficient (Wildman–Crippen LogP) is 3.24. The molecule has 2 aromatic rings. The van der Waals surface area contributed by atoms with E-state index in [0.29, 0.717) is 6.54 Å². The van der Waals surface area contributed by atoms with Crippen LogP contribution < -0.4 is 11.1 Å². The second-order valence-electron chi connectivity index (χ2n) is 6.66. The number of hydrogen-bond donors (Lipinski definition) is 2. The molecule has 0 aliphatic heterocycles. The molecule has 1 fully saturated rings. The van der Waals surface area contributed by atoms with Crippen LogP contribution in [0.3, 0.4) is 0 Å². The summed E-state index contributed by atoms with van der Waals surface area (Å²) in [7, 11) is 0. The Bertz CT molecular complexity index is 673. The maximum Gasteiger partial charge on any atom is 0.225 e. The van der Waals surface area contributed by atoms with Crippen LogP contribution in [-0.2, 0) is 11.3 Å². The summed E-state index contributed by atoms with van der Waals surface area (Å²) in [5.41, 5.74) is 8.03. The third kappa shape index (κ3) is 5.21. The molecule has 3 rings (SSSR count). The van der Waals surface area contributed by atoms with E-state index in [0.717, 1.165) is 36.9 Å². The van der Waals surface area contributed by atoms with Gasteiger partial charge in [0.05, 0.1) is 12.2 Å². The first kappa shape index (κ1) is 21.5. The summed E-state index contributed by atoms with van der Waals surface area (Å²) in [6, 6.07) is 8.09. The molecule has 1 aliphatic rings. The molecular formula is C18H26Cl2N4O. The number of carbonyl (C=O) groups is 1. The molecule has 0 radical (unpaired) electrons. The molecule has 138 valence electrons. The number of rotatable bonds is 4. The topological polar surface area (TPSA) is 72.9 Å². The molecule has 1 aromatic heterocycles. The number of nitrogens with zero attached hydrogens (tertiary/aromatic N) is 2. The van der Waals surface area contributed by atoms with Crippen molar-refractivity contribution in [2.75, 3.05) is 0 Å².